The molecule has 20 nitrogen and oxygen atoms in total. The summed E-state index contributed by atoms with van der Waals surface area (Å²) < 4.78 is 27.7. The lowest BCUT2D eigenvalue weighted by Gasteiger charge is -2.36. The number of carboxylic acids is 1. The summed E-state index contributed by atoms with van der Waals surface area (Å²) >= 11 is 0.944. The van der Waals surface area contributed by atoms with Crippen LogP contribution in [-0.2, 0) is 34.2 Å². The third-order valence-corrected chi connectivity index (χ3v) is 7.14. The van der Waals surface area contributed by atoms with Crippen molar-refractivity contribution in [3.8, 4) is 0 Å². The number of amides is 7. The van der Waals surface area contributed by atoms with Crippen molar-refractivity contribution in [3.63, 3.8) is 0 Å². The van der Waals surface area contributed by atoms with Gasteiger partial charge in [-0.2, -0.15) is 8.42 Å². The minimum Gasteiger partial charge on any atom is -0.478 e. The van der Waals surface area contributed by atoms with E-state index in [1.54, 1.807) is 4.72 Å². The van der Waals surface area contributed by atoms with E-state index in [1.165, 1.54) is 23.9 Å². The lowest BCUT2D eigenvalue weighted by molar-refractivity contribution is -0.161. The van der Waals surface area contributed by atoms with Gasteiger partial charge in [-0.1, -0.05) is 5.16 Å². The Hall–Kier alpha value is -4.57. The third-order valence-electron chi connectivity index (χ3n) is 5.55. The average molecular weight is 619 g/mol. The Kier molecular flexibility index (Phi) is 8.98. The summed E-state index contributed by atoms with van der Waals surface area (Å²) in [7, 11) is -4.81. The summed E-state index contributed by atoms with van der Waals surface area (Å²) in [6.45, 7) is 1.65. The highest BCUT2D eigenvalue weighted by molar-refractivity contribution is 7.88. The first-order chi connectivity index (χ1) is 19.1. The van der Waals surface area contributed by atoms with E-state index in [2.05, 4.69) is 20.8 Å². The lowest BCUT2D eigenvalue weighted by atomic mass is 10.1. The van der Waals surface area contributed by atoms with Gasteiger partial charge in [0.15, 0.2) is 10.8 Å². The topological polar surface area (TPSA) is 298 Å². The average Bonchev–Trinajstić information content (AvgIpc) is 3.46. The van der Waals surface area contributed by atoms with Crippen molar-refractivity contribution < 1.29 is 47.1 Å². The van der Waals surface area contributed by atoms with Crippen molar-refractivity contribution in [3.05, 3.63) is 11.1 Å². The van der Waals surface area contributed by atoms with Gasteiger partial charge >= 0.3 is 28.2 Å². The largest absolute Gasteiger partial charge is 0.478 e. The van der Waals surface area contributed by atoms with Crippen LogP contribution in [0.2, 0.25) is 0 Å². The van der Waals surface area contributed by atoms with Crippen molar-refractivity contribution >= 4 is 68.1 Å². The van der Waals surface area contributed by atoms with Crippen molar-refractivity contribution in [2.45, 2.75) is 31.5 Å². The van der Waals surface area contributed by atoms with Crippen LogP contribution in [0, 0.1) is 0 Å². The molecule has 0 spiro atoms. The van der Waals surface area contributed by atoms with Gasteiger partial charge in [-0.05, 0) is 13.8 Å². The number of urea groups is 2. The second-order valence-electron chi connectivity index (χ2n) is 8.95. The highest BCUT2D eigenvalue weighted by atomic mass is 32.2. The fourth-order valence-corrected chi connectivity index (χ4v) is 4.65. The number of β-lactam (4-membered cyclic amide) rings is 1. The molecule has 3 heterocycles. The van der Waals surface area contributed by atoms with Crippen LogP contribution in [0.25, 0.3) is 0 Å². The number of carboxylic acid groups (broad SMARTS) is 1. The SMILES string of the molecule is CC(C)(ON=C(C(=O)N[C@H]1CN(C(=O)NS(=O)(=O)NC(=O)C2CNC(=O)N2CCN)C1=O)c1csc(N)n1)C(=O)O. The number of thiazole rings is 1. The van der Waals surface area contributed by atoms with Crippen molar-refractivity contribution in [2.75, 3.05) is 31.9 Å². The van der Waals surface area contributed by atoms with Gasteiger partial charge in [-0.15, -0.1) is 11.3 Å². The number of aromatic nitrogens is 1. The fraction of sp³-hybridized carbons (Fsp3) is 0.474. The number of nitrogens with one attached hydrogen (secondary N) is 4. The Balaban J connectivity index is 1.61. The zero-order valence-corrected chi connectivity index (χ0v) is 23.1. The molecule has 224 valence electrons. The lowest BCUT2D eigenvalue weighted by Crippen LogP contribution is -2.68. The zero-order valence-electron chi connectivity index (χ0n) is 21.4. The molecule has 1 aromatic heterocycles. The van der Waals surface area contributed by atoms with Crippen LogP contribution in [0.3, 0.4) is 0 Å². The van der Waals surface area contributed by atoms with Gasteiger partial charge in [0.2, 0.25) is 5.60 Å². The molecule has 2 aliphatic heterocycles. The van der Waals surface area contributed by atoms with Crippen LogP contribution in [0.5, 0.6) is 0 Å². The highest BCUT2D eigenvalue weighted by Gasteiger charge is 2.44. The van der Waals surface area contributed by atoms with Crippen molar-refractivity contribution in [2.24, 2.45) is 10.9 Å². The van der Waals surface area contributed by atoms with Crippen LogP contribution in [0.15, 0.2) is 10.5 Å². The smallest absolute Gasteiger partial charge is 0.350 e. The van der Waals surface area contributed by atoms with E-state index in [0.29, 0.717) is 4.90 Å². The Bertz CT molecular complexity index is 1410. The molecule has 0 aliphatic carbocycles. The molecule has 2 fully saturated rings. The van der Waals surface area contributed by atoms with Crippen LogP contribution >= 0.6 is 11.3 Å². The van der Waals surface area contributed by atoms with Crippen molar-refractivity contribution in [1.29, 1.82) is 0 Å². The number of rotatable bonds is 11. The maximum Gasteiger partial charge on any atom is 0.350 e. The second-order valence-corrected chi connectivity index (χ2v) is 11.3. The predicted octanol–water partition coefficient (Wildman–Crippen LogP) is -3.94. The molecule has 2 saturated heterocycles. The number of anilines is 1. The van der Waals surface area contributed by atoms with Gasteiger partial charge < -0.3 is 36.9 Å². The molecule has 3 rings (SSSR count). The molecule has 1 unspecified atom stereocenters. The number of aliphatic carboxylic acids is 1. The van der Waals surface area contributed by atoms with Crippen LogP contribution in [0.4, 0.5) is 14.7 Å². The molecule has 9 N–H and O–H groups in total. The molecule has 0 aromatic carbocycles. The molecule has 2 aliphatic rings. The van der Waals surface area contributed by atoms with E-state index < -0.39 is 75.9 Å². The molecule has 0 saturated carbocycles. The number of carbonyl (C=O) groups is 6. The maximum atomic E-state index is 12.8. The van der Waals surface area contributed by atoms with E-state index in [-0.39, 0.29) is 30.5 Å². The quantitative estimate of drug-likeness (QED) is 0.0709. The van der Waals surface area contributed by atoms with E-state index >= 15 is 0 Å². The molecule has 7 amide bonds. The Morgan fingerprint density at radius 1 is 1.29 bits per heavy atom. The fourth-order valence-electron chi connectivity index (χ4n) is 3.31. The molecule has 0 bridgehead atoms. The number of hydrogen-bond donors (Lipinski definition) is 7. The number of imide groups is 1. The number of nitrogens with zero attached hydrogens (tertiary/aromatic N) is 4. The monoisotopic (exact) mass is 618 g/mol. The second kappa shape index (κ2) is 11.9. The Labute approximate surface area is 235 Å². The number of nitrogens with two attached hydrogens (primary N) is 2. The van der Waals surface area contributed by atoms with Gasteiger partial charge in [0, 0.05) is 25.0 Å². The summed E-state index contributed by atoms with van der Waals surface area (Å²) in [6, 6.07) is -4.57. The minimum absolute atomic E-state index is 0.00792. The first-order valence-electron chi connectivity index (χ1n) is 11.5. The summed E-state index contributed by atoms with van der Waals surface area (Å²) in [6.07, 6.45) is 0. The predicted molar refractivity (Wildman–Crippen MR) is 138 cm³/mol. The maximum absolute atomic E-state index is 12.8. The van der Waals surface area contributed by atoms with E-state index in [0.717, 1.165) is 16.2 Å². The number of nitrogen functional groups attached to an aromatic ring is 1. The minimum atomic E-state index is -4.81. The number of oxime groups is 1. The van der Waals surface area contributed by atoms with Gasteiger partial charge in [-0.25, -0.2) is 28.8 Å². The summed E-state index contributed by atoms with van der Waals surface area (Å²) in [5.41, 5.74) is 8.54. The normalized spacial score (nSPS) is 19.2. The Morgan fingerprint density at radius 3 is 2.54 bits per heavy atom. The molecule has 1 aromatic rings. The highest BCUT2D eigenvalue weighted by Crippen LogP contribution is 2.17. The number of carbonyl (C=O) groups excluding carboxylic acids is 5. The molecule has 22 heteroatoms. The van der Waals surface area contributed by atoms with E-state index in [4.69, 9.17) is 16.3 Å². The first kappa shape index (κ1) is 31.0. The molecular formula is C19H26N10O10S2. The van der Waals surface area contributed by atoms with Gasteiger partial charge in [0.05, 0.1) is 6.54 Å². The Morgan fingerprint density at radius 2 is 1.98 bits per heavy atom. The third kappa shape index (κ3) is 7.15. The number of hydrogen-bond acceptors (Lipinski definition) is 14. The first-order valence-corrected chi connectivity index (χ1v) is 13.9. The summed E-state index contributed by atoms with van der Waals surface area (Å²) in [4.78, 5) is 83.5. The van der Waals surface area contributed by atoms with E-state index in [1.807, 2.05) is 0 Å². The molecular weight excluding hydrogens is 592 g/mol. The zero-order chi connectivity index (χ0) is 30.7. The van der Waals surface area contributed by atoms with Gasteiger partial charge in [0.25, 0.3) is 17.7 Å². The summed E-state index contributed by atoms with van der Waals surface area (Å²) in [5.74, 6) is -4.56. The number of likely N-dealkylation sites (tertiary alicyclic amines) is 1. The van der Waals surface area contributed by atoms with Gasteiger partial charge in [0.1, 0.15) is 17.8 Å². The van der Waals surface area contributed by atoms with Crippen LogP contribution in [-0.4, -0.2) is 114 Å². The van der Waals surface area contributed by atoms with Crippen LogP contribution in [0.1, 0.15) is 19.5 Å². The van der Waals surface area contributed by atoms with Crippen molar-refractivity contribution in [1.82, 2.24) is 34.9 Å². The summed E-state index contributed by atoms with van der Waals surface area (Å²) in [5, 5.41) is 18.8. The molecule has 41 heavy (non-hydrogen) atoms. The molecule has 2 atom stereocenters. The van der Waals surface area contributed by atoms with E-state index in [9.17, 15) is 42.3 Å². The van der Waals surface area contributed by atoms with Gasteiger partial charge in [-0.3, -0.25) is 19.3 Å². The standard InChI is InChI=1S/C19H26N10O10S2/c1-19(2,15(33)34)39-25-11(9-7-40-16(21)24-9)13(31)23-8-6-29(14(8)32)18(36)27-41(37,38)26-12(30)10-5-22-17(35)28(10)4-3-20/h7-8,10H,3-6,20H2,1-2H3,(H2,21,24)(H,22,35)(H,23,31)(H,26,30)(H,27,36)(H,33,34)/t8-,10?/m0/s1. The van der Waals surface area contributed by atoms with Crippen LogP contribution < -0.4 is 31.5 Å². The molecule has 0 radical (unpaired) electrons.